The average Bonchev–Trinajstić information content (AvgIpc) is 2.74. The van der Waals surface area contributed by atoms with Crippen molar-refractivity contribution in [1.82, 2.24) is 4.90 Å². The van der Waals surface area contributed by atoms with Crippen LogP contribution in [-0.2, 0) is 4.79 Å². The van der Waals surface area contributed by atoms with E-state index in [-0.39, 0.29) is 5.41 Å². The Balaban J connectivity index is 1.66. The maximum absolute atomic E-state index is 12.2. The minimum absolute atomic E-state index is 0.105. The largest absolute Gasteiger partial charge is 0.390 e. The third-order valence-corrected chi connectivity index (χ3v) is 9.12. The van der Waals surface area contributed by atoms with Gasteiger partial charge in [-0.1, -0.05) is 13.8 Å². The van der Waals surface area contributed by atoms with Crippen LogP contribution in [0.1, 0.15) is 72.1 Å². The van der Waals surface area contributed by atoms with E-state index in [1.54, 1.807) is 0 Å². The molecule has 3 nitrogen and oxygen atoms in total. The van der Waals surface area contributed by atoms with Crippen LogP contribution in [0, 0.1) is 28.6 Å². The predicted molar refractivity (Wildman–Crippen MR) is 90.8 cm³/mol. The summed E-state index contributed by atoms with van der Waals surface area (Å²) in [5.74, 6) is 2.52. The molecule has 3 aliphatic carbocycles. The van der Waals surface area contributed by atoms with Crippen LogP contribution in [0.5, 0.6) is 0 Å². The first-order valence-electron chi connectivity index (χ1n) is 9.69. The van der Waals surface area contributed by atoms with Crippen molar-refractivity contribution in [2.45, 2.75) is 83.8 Å². The van der Waals surface area contributed by atoms with Gasteiger partial charge in [-0.15, -0.1) is 0 Å². The zero-order chi connectivity index (χ0) is 16.6. The summed E-state index contributed by atoms with van der Waals surface area (Å²) in [7, 11) is 2.03. The number of aliphatic hydroxyl groups is 1. The fraction of sp³-hybridized carbons (Fsp3) is 0.950. The second-order valence-electron chi connectivity index (χ2n) is 9.75. The molecule has 4 fully saturated rings. The van der Waals surface area contributed by atoms with Crippen LogP contribution in [-0.4, -0.2) is 34.6 Å². The smallest absolute Gasteiger partial charge is 0.222 e. The maximum Gasteiger partial charge on any atom is 0.222 e. The maximum atomic E-state index is 12.2. The zero-order valence-corrected chi connectivity index (χ0v) is 15.3. The molecule has 2 unspecified atom stereocenters. The van der Waals surface area contributed by atoms with Gasteiger partial charge in [0.05, 0.1) is 5.60 Å². The molecule has 3 heteroatoms. The number of carbonyl (C=O) groups is 1. The van der Waals surface area contributed by atoms with E-state index in [2.05, 4.69) is 25.7 Å². The first-order valence-corrected chi connectivity index (χ1v) is 9.69. The summed E-state index contributed by atoms with van der Waals surface area (Å²) in [6.07, 6.45) is 8.77. The quantitative estimate of drug-likeness (QED) is 0.741. The fourth-order valence-corrected chi connectivity index (χ4v) is 7.39. The molecule has 1 aliphatic heterocycles. The molecule has 1 heterocycles. The Hall–Kier alpha value is -0.570. The molecule has 0 spiro atoms. The van der Waals surface area contributed by atoms with Crippen molar-refractivity contribution < 1.29 is 9.90 Å². The molecule has 0 bridgehead atoms. The molecule has 0 aromatic carbocycles. The Morgan fingerprint density at radius 3 is 2.43 bits per heavy atom. The Kier molecular flexibility index (Phi) is 3.28. The van der Waals surface area contributed by atoms with Crippen LogP contribution in [0.2, 0.25) is 0 Å². The van der Waals surface area contributed by atoms with Gasteiger partial charge in [-0.05, 0) is 80.5 Å². The predicted octanol–water partition coefficient (Wildman–Crippen LogP) is 3.60. The highest BCUT2D eigenvalue weighted by molar-refractivity contribution is 5.77. The topological polar surface area (TPSA) is 40.5 Å². The van der Waals surface area contributed by atoms with Crippen molar-refractivity contribution in [2.24, 2.45) is 28.6 Å². The van der Waals surface area contributed by atoms with Crippen LogP contribution in [0.3, 0.4) is 0 Å². The Morgan fingerprint density at radius 2 is 1.70 bits per heavy atom. The highest BCUT2D eigenvalue weighted by Gasteiger charge is 2.63. The van der Waals surface area contributed by atoms with E-state index in [0.29, 0.717) is 23.3 Å². The molecule has 1 N–H and O–H groups in total. The van der Waals surface area contributed by atoms with E-state index < -0.39 is 5.60 Å². The standard InChI is InChI=1S/C20H33NO2/c1-18-10-9-17(22)21(4)16(18)6-5-13-14(18)7-11-19(2)15(13)8-12-20(19,3)23/h13-16,23H,5-12H2,1-4H3/t13?,14?,15-,16+,18+,19-,20-/m0/s1. The number of hydrogen-bond acceptors (Lipinski definition) is 2. The monoisotopic (exact) mass is 319 g/mol. The van der Waals surface area contributed by atoms with Crippen molar-refractivity contribution in [3.8, 4) is 0 Å². The molecule has 3 saturated carbocycles. The average molecular weight is 319 g/mol. The van der Waals surface area contributed by atoms with E-state index in [0.717, 1.165) is 43.9 Å². The molecule has 130 valence electrons. The molecule has 0 radical (unpaired) electrons. The molecular formula is C20H33NO2. The van der Waals surface area contributed by atoms with Gasteiger partial charge in [-0.3, -0.25) is 4.79 Å². The fourth-order valence-electron chi connectivity index (χ4n) is 7.39. The van der Waals surface area contributed by atoms with Crippen LogP contribution >= 0.6 is 0 Å². The molecule has 0 aromatic rings. The summed E-state index contributed by atoms with van der Waals surface area (Å²) in [4.78, 5) is 14.2. The van der Waals surface area contributed by atoms with Crippen molar-refractivity contribution in [3.05, 3.63) is 0 Å². The van der Waals surface area contributed by atoms with E-state index in [1.807, 2.05) is 7.05 Å². The van der Waals surface area contributed by atoms with Crippen molar-refractivity contribution in [3.63, 3.8) is 0 Å². The molecule has 1 amide bonds. The number of nitrogens with zero attached hydrogens (tertiary/aromatic N) is 1. The second kappa shape index (κ2) is 4.74. The lowest BCUT2D eigenvalue weighted by Gasteiger charge is -2.62. The number of rotatable bonds is 0. The lowest BCUT2D eigenvalue weighted by atomic mass is 9.46. The second-order valence-corrected chi connectivity index (χ2v) is 9.75. The van der Waals surface area contributed by atoms with Gasteiger partial charge >= 0.3 is 0 Å². The Bertz CT molecular complexity index is 530. The van der Waals surface area contributed by atoms with Crippen molar-refractivity contribution >= 4 is 5.91 Å². The lowest BCUT2D eigenvalue weighted by Crippen LogP contribution is -2.62. The molecule has 0 aromatic heterocycles. The summed E-state index contributed by atoms with van der Waals surface area (Å²) in [6.45, 7) is 6.90. The molecular weight excluding hydrogens is 286 g/mol. The normalized spacial score (nSPS) is 56.0. The highest BCUT2D eigenvalue weighted by Crippen LogP contribution is 2.66. The Morgan fingerprint density at radius 1 is 1.00 bits per heavy atom. The van der Waals surface area contributed by atoms with Crippen LogP contribution < -0.4 is 0 Å². The van der Waals surface area contributed by atoms with E-state index in [4.69, 9.17) is 0 Å². The minimum Gasteiger partial charge on any atom is -0.390 e. The molecule has 23 heavy (non-hydrogen) atoms. The summed E-state index contributed by atoms with van der Waals surface area (Å²) < 4.78 is 0. The van der Waals surface area contributed by atoms with Gasteiger partial charge in [-0.2, -0.15) is 0 Å². The SMILES string of the molecule is CN1C(=O)CC[C@]2(C)C3CC[C@@]4(C)[C@@H](CC[C@]4(C)O)C3CC[C@@H]12. The van der Waals surface area contributed by atoms with Gasteiger partial charge in [0.2, 0.25) is 5.91 Å². The van der Waals surface area contributed by atoms with E-state index >= 15 is 0 Å². The third kappa shape index (κ3) is 1.89. The zero-order valence-electron chi connectivity index (χ0n) is 15.3. The van der Waals surface area contributed by atoms with Crippen LogP contribution in [0.15, 0.2) is 0 Å². The first-order chi connectivity index (χ1) is 10.7. The lowest BCUT2D eigenvalue weighted by molar-refractivity contribution is -0.166. The van der Waals surface area contributed by atoms with E-state index in [1.165, 1.54) is 19.3 Å². The first kappa shape index (κ1) is 15.9. The number of amides is 1. The van der Waals surface area contributed by atoms with Crippen molar-refractivity contribution in [1.29, 1.82) is 0 Å². The number of piperidine rings is 1. The van der Waals surface area contributed by atoms with Gasteiger partial charge in [0, 0.05) is 19.5 Å². The third-order valence-electron chi connectivity index (χ3n) is 9.12. The van der Waals surface area contributed by atoms with Crippen molar-refractivity contribution in [2.75, 3.05) is 7.05 Å². The van der Waals surface area contributed by atoms with Gasteiger partial charge in [0.25, 0.3) is 0 Å². The van der Waals surface area contributed by atoms with E-state index in [9.17, 15) is 9.90 Å². The van der Waals surface area contributed by atoms with Gasteiger partial charge in [-0.25, -0.2) is 0 Å². The number of hydrogen-bond donors (Lipinski definition) is 1. The molecule has 7 atom stereocenters. The molecule has 4 rings (SSSR count). The summed E-state index contributed by atoms with van der Waals surface area (Å²) in [6, 6.07) is 0.441. The number of fused-ring (bicyclic) bond motifs is 5. The minimum atomic E-state index is -0.486. The van der Waals surface area contributed by atoms with Crippen LogP contribution in [0.25, 0.3) is 0 Å². The summed E-state index contributed by atoms with van der Waals surface area (Å²) in [5, 5.41) is 11.0. The summed E-state index contributed by atoms with van der Waals surface area (Å²) in [5.41, 5.74) is -0.0885. The van der Waals surface area contributed by atoms with Gasteiger partial charge in [0.15, 0.2) is 0 Å². The number of carbonyl (C=O) groups excluding carboxylic acids is 1. The van der Waals surface area contributed by atoms with Gasteiger partial charge < -0.3 is 10.0 Å². The van der Waals surface area contributed by atoms with Crippen LogP contribution in [0.4, 0.5) is 0 Å². The Labute approximate surface area is 140 Å². The van der Waals surface area contributed by atoms with Gasteiger partial charge in [0.1, 0.15) is 0 Å². The number of likely N-dealkylation sites (tertiary alicyclic amines) is 1. The highest BCUT2D eigenvalue weighted by atomic mass is 16.3. The molecule has 1 saturated heterocycles. The molecule has 4 aliphatic rings. The summed E-state index contributed by atoms with van der Waals surface area (Å²) >= 11 is 0.